The molecule has 1 aliphatic rings. The number of amides is 1. The summed E-state index contributed by atoms with van der Waals surface area (Å²) in [6.45, 7) is 0.554. The standard InChI is InChI=1S/C15H20BNO5S/c1-22-15(19)11-5-6-13-12(9-11)17(14(18)10-23-13)8-4-2-3-7-16(20)21/h5-6,9,20-21H,2-4,7-8,10H2,1H3. The number of nitrogens with zero attached hydrogens (tertiary/aromatic N) is 1. The third-order valence-corrected chi connectivity index (χ3v) is 4.71. The maximum Gasteiger partial charge on any atom is 0.451 e. The van der Waals surface area contributed by atoms with E-state index in [1.165, 1.54) is 18.9 Å². The van der Waals surface area contributed by atoms with Crippen molar-refractivity contribution in [1.82, 2.24) is 0 Å². The van der Waals surface area contributed by atoms with Gasteiger partial charge in [-0.1, -0.05) is 12.8 Å². The molecule has 0 saturated carbocycles. The molecular weight excluding hydrogens is 317 g/mol. The number of anilines is 1. The molecule has 8 heteroatoms. The van der Waals surface area contributed by atoms with Gasteiger partial charge in [0.25, 0.3) is 0 Å². The summed E-state index contributed by atoms with van der Waals surface area (Å²) in [6.07, 6.45) is 2.61. The van der Waals surface area contributed by atoms with Crippen molar-refractivity contribution in [1.29, 1.82) is 0 Å². The molecule has 0 aliphatic carbocycles. The van der Waals surface area contributed by atoms with Crippen LogP contribution in [0.25, 0.3) is 0 Å². The number of fused-ring (bicyclic) bond motifs is 1. The van der Waals surface area contributed by atoms with Crippen LogP contribution in [-0.2, 0) is 9.53 Å². The average molecular weight is 337 g/mol. The molecule has 23 heavy (non-hydrogen) atoms. The number of carbonyl (C=O) groups excluding carboxylic acids is 2. The summed E-state index contributed by atoms with van der Waals surface area (Å²) in [6, 6.07) is 5.24. The monoisotopic (exact) mass is 337 g/mol. The molecule has 1 aliphatic heterocycles. The van der Waals surface area contributed by atoms with Gasteiger partial charge in [0.05, 0.1) is 24.1 Å². The summed E-state index contributed by atoms with van der Waals surface area (Å²) in [5.41, 5.74) is 1.17. The summed E-state index contributed by atoms with van der Waals surface area (Å²) in [7, 11) is 0.0565. The SMILES string of the molecule is COC(=O)c1ccc2c(c1)N(CCCCCB(O)O)C(=O)CS2. The predicted molar refractivity (Wildman–Crippen MR) is 89.7 cm³/mol. The molecule has 0 aromatic heterocycles. The van der Waals surface area contributed by atoms with Crippen molar-refractivity contribution in [3.63, 3.8) is 0 Å². The Bertz CT molecular complexity index is 581. The average Bonchev–Trinajstić information content (AvgIpc) is 2.54. The second kappa shape index (κ2) is 8.38. The van der Waals surface area contributed by atoms with E-state index in [2.05, 4.69) is 0 Å². The molecule has 1 aromatic rings. The Hall–Kier alpha value is -1.51. The topological polar surface area (TPSA) is 87.1 Å². The minimum atomic E-state index is -1.27. The highest BCUT2D eigenvalue weighted by molar-refractivity contribution is 8.00. The third kappa shape index (κ3) is 4.73. The first kappa shape index (κ1) is 17.8. The Morgan fingerprint density at radius 3 is 2.83 bits per heavy atom. The molecule has 0 bridgehead atoms. The second-order valence-corrected chi connectivity index (χ2v) is 6.36. The largest absolute Gasteiger partial charge is 0.465 e. The van der Waals surface area contributed by atoms with Crippen LogP contribution in [-0.4, -0.2) is 48.5 Å². The summed E-state index contributed by atoms with van der Waals surface area (Å²) in [5.74, 6) is -0.0145. The van der Waals surface area contributed by atoms with E-state index in [0.29, 0.717) is 30.6 Å². The molecule has 1 amide bonds. The van der Waals surface area contributed by atoms with Crippen molar-refractivity contribution >= 4 is 36.4 Å². The first-order chi connectivity index (χ1) is 11.0. The number of hydrogen-bond acceptors (Lipinski definition) is 6. The molecule has 6 nitrogen and oxygen atoms in total. The van der Waals surface area contributed by atoms with E-state index in [1.807, 2.05) is 6.07 Å². The predicted octanol–water partition coefficient (Wildman–Crippen LogP) is 1.55. The fourth-order valence-corrected chi connectivity index (χ4v) is 3.38. The van der Waals surface area contributed by atoms with Gasteiger partial charge >= 0.3 is 13.1 Å². The molecule has 0 spiro atoms. The molecule has 1 aromatic carbocycles. The summed E-state index contributed by atoms with van der Waals surface area (Å²) < 4.78 is 4.73. The number of esters is 1. The van der Waals surface area contributed by atoms with E-state index in [4.69, 9.17) is 14.8 Å². The lowest BCUT2D eigenvalue weighted by atomic mass is 9.83. The van der Waals surface area contributed by atoms with Crippen LogP contribution in [0.1, 0.15) is 29.6 Å². The normalized spacial score (nSPS) is 13.7. The Labute approximate surface area is 140 Å². The summed E-state index contributed by atoms with van der Waals surface area (Å²) >= 11 is 1.47. The minimum absolute atomic E-state index is 0.0201. The molecule has 0 fully saturated rings. The van der Waals surface area contributed by atoms with Crippen molar-refractivity contribution in [3.05, 3.63) is 23.8 Å². The Morgan fingerprint density at radius 1 is 1.35 bits per heavy atom. The van der Waals surface area contributed by atoms with Crippen molar-refractivity contribution in [2.75, 3.05) is 24.3 Å². The van der Waals surface area contributed by atoms with Crippen molar-refractivity contribution in [3.8, 4) is 0 Å². The van der Waals surface area contributed by atoms with Gasteiger partial charge in [-0.05, 0) is 30.9 Å². The maximum atomic E-state index is 12.2. The Balaban J connectivity index is 2.05. The number of thioether (sulfide) groups is 1. The first-order valence-electron chi connectivity index (χ1n) is 7.54. The molecule has 124 valence electrons. The molecule has 0 atom stereocenters. The first-order valence-corrected chi connectivity index (χ1v) is 8.53. The van der Waals surface area contributed by atoms with E-state index in [9.17, 15) is 9.59 Å². The van der Waals surface area contributed by atoms with Crippen molar-refractivity contribution < 1.29 is 24.4 Å². The van der Waals surface area contributed by atoms with Gasteiger partial charge in [-0.3, -0.25) is 4.79 Å². The highest BCUT2D eigenvalue weighted by atomic mass is 32.2. The zero-order valence-electron chi connectivity index (χ0n) is 13.0. The van der Waals surface area contributed by atoms with Crippen molar-refractivity contribution in [2.24, 2.45) is 0 Å². The minimum Gasteiger partial charge on any atom is -0.465 e. The van der Waals surface area contributed by atoms with Gasteiger partial charge in [-0.25, -0.2) is 4.79 Å². The number of benzene rings is 1. The molecule has 2 N–H and O–H groups in total. The van der Waals surface area contributed by atoms with Gasteiger partial charge in [-0.15, -0.1) is 11.8 Å². The van der Waals surface area contributed by atoms with Crippen LogP contribution >= 0.6 is 11.8 Å². The van der Waals surface area contributed by atoms with Crippen LogP contribution in [0, 0.1) is 0 Å². The number of rotatable bonds is 7. The van der Waals surface area contributed by atoms with Crippen LogP contribution in [0.2, 0.25) is 6.32 Å². The van der Waals surface area contributed by atoms with Gasteiger partial charge in [0.1, 0.15) is 0 Å². The number of carbonyl (C=O) groups is 2. The zero-order chi connectivity index (χ0) is 16.8. The molecule has 0 radical (unpaired) electrons. The summed E-state index contributed by atoms with van der Waals surface area (Å²) in [4.78, 5) is 26.5. The fraction of sp³-hybridized carbons (Fsp3) is 0.467. The summed E-state index contributed by atoms with van der Waals surface area (Å²) in [5, 5.41) is 17.6. The molecular formula is C15H20BNO5S. The molecule has 1 heterocycles. The van der Waals surface area contributed by atoms with Crippen LogP contribution in [0.4, 0.5) is 5.69 Å². The smallest absolute Gasteiger partial charge is 0.451 e. The zero-order valence-corrected chi connectivity index (χ0v) is 13.8. The number of hydrogen-bond donors (Lipinski definition) is 2. The highest BCUT2D eigenvalue weighted by Gasteiger charge is 2.25. The fourth-order valence-electron chi connectivity index (χ4n) is 2.47. The van der Waals surface area contributed by atoms with E-state index >= 15 is 0 Å². The van der Waals surface area contributed by atoms with Gasteiger partial charge in [0, 0.05) is 11.4 Å². The van der Waals surface area contributed by atoms with E-state index in [1.54, 1.807) is 17.0 Å². The number of methoxy groups -OCH3 is 1. The molecule has 2 rings (SSSR count). The number of ether oxygens (including phenoxy) is 1. The van der Waals surface area contributed by atoms with Gasteiger partial charge in [0.2, 0.25) is 5.91 Å². The second-order valence-electron chi connectivity index (χ2n) is 5.34. The van der Waals surface area contributed by atoms with Crippen LogP contribution in [0.3, 0.4) is 0 Å². The van der Waals surface area contributed by atoms with Gasteiger partial charge < -0.3 is 19.7 Å². The van der Waals surface area contributed by atoms with Crippen molar-refractivity contribution in [2.45, 2.75) is 30.5 Å². The van der Waals surface area contributed by atoms with E-state index in [0.717, 1.165) is 23.4 Å². The maximum absolute atomic E-state index is 12.2. The van der Waals surface area contributed by atoms with E-state index < -0.39 is 13.1 Å². The quantitative estimate of drug-likeness (QED) is 0.446. The Kier molecular flexibility index (Phi) is 6.50. The molecule has 0 unspecified atom stereocenters. The lowest BCUT2D eigenvalue weighted by molar-refractivity contribution is -0.116. The van der Waals surface area contributed by atoms with Gasteiger partial charge in [-0.2, -0.15) is 0 Å². The highest BCUT2D eigenvalue weighted by Crippen LogP contribution is 2.36. The van der Waals surface area contributed by atoms with Crippen LogP contribution < -0.4 is 4.90 Å². The van der Waals surface area contributed by atoms with Crippen LogP contribution in [0.5, 0.6) is 0 Å². The Morgan fingerprint density at radius 2 is 2.13 bits per heavy atom. The lowest BCUT2D eigenvalue weighted by Crippen LogP contribution is -2.36. The number of unbranched alkanes of at least 4 members (excludes halogenated alkanes) is 2. The van der Waals surface area contributed by atoms with E-state index in [-0.39, 0.29) is 5.91 Å². The lowest BCUT2D eigenvalue weighted by Gasteiger charge is -2.29. The third-order valence-electron chi connectivity index (χ3n) is 3.67. The molecule has 0 saturated heterocycles. The van der Waals surface area contributed by atoms with Gasteiger partial charge in [0.15, 0.2) is 0 Å². The van der Waals surface area contributed by atoms with Crippen LogP contribution in [0.15, 0.2) is 23.1 Å².